The average molecular weight is 382 g/mol. The Morgan fingerprint density at radius 2 is 1.64 bits per heavy atom. The van der Waals surface area contributed by atoms with Crippen molar-refractivity contribution in [3.8, 4) is 5.75 Å². The van der Waals surface area contributed by atoms with Gasteiger partial charge >= 0.3 is 0 Å². The Morgan fingerprint density at radius 1 is 1.05 bits per heavy atom. The molecule has 0 atom stereocenters. The van der Waals surface area contributed by atoms with E-state index >= 15 is 0 Å². The molecule has 0 saturated carbocycles. The minimum atomic E-state index is -3.94. The van der Waals surface area contributed by atoms with E-state index in [1.54, 1.807) is 6.07 Å². The molecule has 2 rings (SSSR count). The predicted octanol–water partition coefficient (Wildman–Crippen LogP) is 4.04. The van der Waals surface area contributed by atoms with Gasteiger partial charge in [-0.1, -0.05) is 34.8 Å². The van der Waals surface area contributed by atoms with Crippen LogP contribution in [0.25, 0.3) is 0 Å². The minimum absolute atomic E-state index is 0.0459. The summed E-state index contributed by atoms with van der Waals surface area (Å²) >= 11 is 17.7. The van der Waals surface area contributed by atoms with Crippen LogP contribution < -0.4 is 15.2 Å². The maximum absolute atomic E-state index is 12.4. The van der Waals surface area contributed by atoms with E-state index in [1.165, 1.54) is 31.4 Å². The molecule has 0 spiro atoms. The zero-order valence-electron chi connectivity index (χ0n) is 11.2. The topological polar surface area (TPSA) is 81.4 Å². The molecule has 0 heterocycles. The van der Waals surface area contributed by atoms with Crippen LogP contribution in [0.15, 0.2) is 35.2 Å². The molecule has 22 heavy (non-hydrogen) atoms. The highest BCUT2D eigenvalue weighted by atomic mass is 35.5. The molecular weight excluding hydrogens is 371 g/mol. The summed E-state index contributed by atoms with van der Waals surface area (Å²) in [7, 11) is -2.48. The first-order valence-electron chi connectivity index (χ1n) is 5.85. The third-order valence-electron chi connectivity index (χ3n) is 2.78. The van der Waals surface area contributed by atoms with Crippen LogP contribution in [0.3, 0.4) is 0 Å². The fourth-order valence-electron chi connectivity index (χ4n) is 1.63. The van der Waals surface area contributed by atoms with Gasteiger partial charge in [-0.3, -0.25) is 4.72 Å². The molecule has 118 valence electrons. The van der Waals surface area contributed by atoms with Crippen LogP contribution in [-0.4, -0.2) is 15.5 Å². The Labute approximate surface area is 143 Å². The van der Waals surface area contributed by atoms with Crippen molar-refractivity contribution >= 4 is 56.2 Å². The fraction of sp³-hybridized carbons (Fsp3) is 0.0769. The molecule has 2 aromatic rings. The minimum Gasteiger partial charge on any atom is -0.497 e. The van der Waals surface area contributed by atoms with Crippen molar-refractivity contribution in [1.29, 1.82) is 0 Å². The van der Waals surface area contributed by atoms with Crippen molar-refractivity contribution in [1.82, 2.24) is 0 Å². The SMILES string of the molecule is COc1ccc(Cl)c(NS(=O)(=O)c2cc(Cl)c(N)c(Cl)c2)c1. The highest BCUT2D eigenvalue weighted by Crippen LogP contribution is 2.33. The molecule has 0 unspecified atom stereocenters. The lowest BCUT2D eigenvalue weighted by molar-refractivity contribution is 0.415. The van der Waals surface area contributed by atoms with Gasteiger partial charge in [0.1, 0.15) is 5.75 Å². The van der Waals surface area contributed by atoms with Crippen LogP contribution in [0.2, 0.25) is 15.1 Å². The first kappa shape index (κ1) is 17.0. The zero-order chi connectivity index (χ0) is 16.5. The van der Waals surface area contributed by atoms with E-state index < -0.39 is 10.0 Å². The summed E-state index contributed by atoms with van der Waals surface area (Å²) in [5.41, 5.74) is 5.88. The van der Waals surface area contributed by atoms with Gasteiger partial charge in [-0.15, -0.1) is 0 Å². The lowest BCUT2D eigenvalue weighted by Crippen LogP contribution is -2.13. The number of anilines is 2. The Kier molecular flexibility index (Phi) is 4.97. The smallest absolute Gasteiger partial charge is 0.262 e. The summed E-state index contributed by atoms with van der Waals surface area (Å²) in [6.07, 6.45) is 0. The molecule has 2 aromatic carbocycles. The van der Waals surface area contributed by atoms with Crippen molar-refractivity contribution in [3.05, 3.63) is 45.4 Å². The number of rotatable bonds is 4. The van der Waals surface area contributed by atoms with Crippen molar-refractivity contribution in [2.45, 2.75) is 4.90 Å². The number of ether oxygens (including phenoxy) is 1. The number of benzene rings is 2. The Bertz CT molecular complexity index is 802. The summed E-state index contributed by atoms with van der Waals surface area (Å²) in [4.78, 5) is -0.129. The van der Waals surface area contributed by atoms with Gasteiger partial charge in [0.2, 0.25) is 0 Å². The van der Waals surface area contributed by atoms with Gasteiger partial charge in [-0.2, -0.15) is 0 Å². The number of halogens is 3. The molecule has 0 amide bonds. The van der Waals surface area contributed by atoms with Gasteiger partial charge in [0.15, 0.2) is 0 Å². The van der Waals surface area contributed by atoms with Crippen LogP contribution in [0, 0.1) is 0 Å². The molecule has 3 N–H and O–H groups in total. The second-order valence-electron chi connectivity index (χ2n) is 4.25. The maximum Gasteiger partial charge on any atom is 0.262 e. The Hall–Kier alpha value is -1.34. The number of sulfonamides is 1. The first-order valence-corrected chi connectivity index (χ1v) is 8.47. The predicted molar refractivity (Wildman–Crippen MR) is 89.7 cm³/mol. The van der Waals surface area contributed by atoms with Gasteiger partial charge in [-0.25, -0.2) is 8.42 Å². The molecule has 0 bridgehead atoms. The molecule has 5 nitrogen and oxygen atoms in total. The summed E-state index contributed by atoms with van der Waals surface area (Å²) in [6.45, 7) is 0. The lowest BCUT2D eigenvalue weighted by Gasteiger charge is -2.12. The van der Waals surface area contributed by atoms with Crippen LogP contribution in [0.5, 0.6) is 5.75 Å². The maximum atomic E-state index is 12.4. The van der Waals surface area contributed by atoms with Crippen molar-refractivity contribution in [3.63, 3.8) is 0 Å². The van der Waals surface area contributed by atoms with Crippen molar-refractivity contribution < 1.29 is 13.2 Å². The molecular formula is C13H11Cl3N2O3S. The molecule has 0 aromatic heterocycles. The molecule has 0 fully saturated rings. The van der Waals surface area contributed by atoms with Gasteiger partial charge in [0.25, 0.3) is 10.0 Å². The van der Waals surface area contributed by atoms with E-state index in [9.17, 15) is 8.42 Å². The quantitative estimate of drug-likeness (QED) is 0.783. The lowest BCUT2D eigenvalue weighted by atomic mass is 10.3. The number of nitrogens with one attached hydrogen (secondary N) is 1. The Morgan fingerprint density at radius 3 is 2.18 bits per heavy atom. The summed E-state index contributed by atoms with van der Waals surface area (Å²) < 4.78 is 32.2. The van der Waals surface area contributed by atoms with Crippen LogP contribution in [0.4, 0.5) is 11.4 Å². The monoisotopic (exact) mass is 380 g/mol. The number of methoxy groups -OCH3 is 1. The average Bonchev–Trinajstić information content (AvgIpc) is 2.46. The van der Waals surface area contributed by atoms with E-state index in [-0.39, 0.29) is 31.3 Å². The van der Waals surface area contributed by atoms with E-state index in [1.807, 2.05) is 0 Å². The second kappa shape index (κ2) is 6.42. The molecule has 0 saturated heterocycles. The van der Waals surface area contributed by atoms with Crippen LogP contribution in [-0.2, 0) is 10.0 Å². The van der Waals surface area contributed by atoms with E-state index in [0.29, 0.717) is 5.75 Å². The fourth-order valence-corrected chi connectivity index (χ4v) is 3.59. The van der Waals surface area contributed by atoms with E-state index in [0.717, 1.165) is 0 Å². The highest BCUT2D eigenvalue weighted by molar-refractivity contribution is 7.92. The summed E-state index contributed by atoms with van der Waals surface area (Å²) in [5, 5.41) is 0.311. The number of nitrogens with two attached hydrogens (primary N) is 1. The normalized spacial score (nSPS) is 11.3. The van der Waals surface area contributed by atoms with E-state index in [4.69, 9.17) is 45.3 Å². The molecule has 0 radical (unpaired) electrons. The van der Waals surface area contributed by atoms with E-state index in [2.05, 4.69) is 4.72 Å². The van der Waals surface area contributed by atoms with Gasteiger partial charge < -0.3 is 10.5 Å². The number of hydrogen-bond acceptors (Lipinski definition) is 4. The number of hydrogen-bond donors (Lipinski definition) is 2. The van der Waals surface area contributed by atoms with Crippen molar-refractivity contribution in [2.24, 2.45) is 0 Å². The summed E-state index contributed by atoms with van der Waals surface area (Å²) in [5.74, 6) is 0.454. The van der Waals surface area contributed by atoms with Gasteiger partial charge in [0.05, 0.1) is 38.4 Å². The molecule has 0 aliphatic heterocycles. The second-order valence-corrected chi connectivity index (χ2v) is 7.16. The number of nitrogen functional groups attached to an aromatic ring is 1. The molecule has 9 heteroatoms. The first-order chi connectivity index (χ1) is 10.2. The molecule has 0 aliphatic rings. The van der Waals surface area contributed by atoms with Crippen LogP contribution in [0.1, 0.15) is 0 Å². The summed E-state index contributed by atoms with van der Waals surface area (Å²) in [6, 6.07) is 7.00. The van der Waals surface area contributed by atoms with Gasteiger partial charge in [0, 0.05) is 6.07 Å². The Balaban J connectivity index is 2.44. The largest absolute Gasteiger partial charge is 0.497 e. The standard InChI is InChI=1S/C13H11Cl3N2O3S/c1-21-7-2-3-9(14)12(4-7)18-22(19,20)8-5-10(15)13(17)11(16)6-8/h2-6,18H,17H2,1H3. The molecule has 0 aliphatic carbocycles. The van der Waals surface area contributed by atoms with Crippen molar-refractivity contribution in [2.75, 3.05) is 17.6 Å². The zero-order valence-corrected chi connectivity index (χ0v) is 14.3. The van der Waals surface area contributed by atoms with Gasteiger partial charge in [-0.05, 0) is 24.3 Å². The highest BCUT2D eigenvalue weighted by Gasteiger charge is 2.19. The van der Waals surface area contributed by atoms with Crippen LogP contribution >= 0.6 is 34.8 Å². The third kappa shape index (κ3) is 3.52. The third-order valence-corrected chi connectivity index (χ3v) is 5.08.